The first kappa shape index (κ1) is 17.2. The number of benzene rings is 1. The second-order valence-corrected chi connectivity index (χ2v) is 6.94. The van der Waals surface area contributed by atoms with Crippen LogP contribution in [0.3, 0.4) is 0 Å². The predicted molar refractivity (Wildman–Crippen MR) is 93.2 cm³/mol. The van der Waals surface area contributed by atoms with Gasteiger partial charge in [-0.25, -0.2) is 9.89 Å². The number of piperidine rings is 1. The number of ether oxygens (including phenoxy) is 1. The van der Waals surface area contributed by atoms with Gasteiger partial charge in [0.05, 0.1) is 0 Å². The summed E-state index contributed by atoms with van der Waals surface area (Å²) in [6.45, 7) is 2.52. The number of nitrogens with zero attached hydrogens (tertiary/aromatic N) is 3. The summed E-state index contributed by atoms with van der Waals surface area (Å²) in [4.78, 5) is 13.8. The molecule has 0 radical (unpaired) electrons. The number of hydrogen-bond acceptors (Lipinski definition) is 5. The molecule has 8 heteroatoms. The van der Waals surface area contributed by atoms with Gasteiger partial charge in [0.25, 0.3) is 0 Å². The molecule has 1 aromatic heterocycles. The summed E-state index contributed by atoms with van der Waals surface area (Å²) in [6, 6.07) is 7.75. The third-order valence-corrected chi connectivity index (χ3v) is 4.73. The monoisotopic (exact) mass is 396 g/mol. The Morgan fingerprint density at radius 3 is 2.88 bits per heavy atom. The minimum Gasteiger partial charge on any atom is -0.491 e. The number of aliphatic hydroxyl groups is 1. The van der Waals surface area contributed by atoms with Gasteiger partial charge in [0.1, 0.15) is 24.8 Å². The lowest BCUT2D eigenvalue weighted by Gasteiger charge is -2.33. The molecular formula is C16H21BrN4O3. The highest BCUT2D eigenvalue weighted by Gasteiger charge is 2.23. The average Bonchev–Trinajstić information content (AvgIpc) is 3.00. The molecule has 1 aliphatic rings. The Labute approximate surface area is 148 Å². The number of likely N-dealkylation sites (tertiary alicyclic amines) is 1. The molecule has 24 heavy (non-hydrogen) atoms. The van der Waals surface area contributed by atoms with E-state index < -0.39 is 6.10 Å². The molecular weight excluding hydrogens is 376 g/mol. The molecule has 1 saturated heterocycles. The van der Waals surface area contributed by atoms with Crippen LogP contribution in [0.15, 0.2) is 39.9 Å². The predicted octanol–water partition coefficient (Wildman–Crippen LogP) is 1.41. The molecule has 2 heterocycles. The fourth-order valence-electron chi connectivity index (χ4n) is 3.00. The van der Waals surface area contributed by atoms with Gasteiger partial charge in [-0.05, 0) is 31.0 Å². The molecule has 1 aliphatic heterocycles. The van der Waals surface area contributed by atoms with Crippen molar-refractivity contribution in [2.45, 2.75) is 25.0 Å². The van der Waals surface area contributed by atoms with Crippen LogP contribution in [0.5, 0.6) is 5.75 Å². The first-order valence-corrected chi connectivity index (χ1v) is 8.81. The maximum atomic E-state index is 11.6. The van der Waals surface area contributed by atoms with Gasteiger partial charge in [-0.3, -0.25) is 4.57 Å². The van der Waals surface area contributed by atoms with Crippen molar-refractivity contribution in [2.75, 3.05) is 26.2 Å². The van der Waals surface area contributed by atoms with Crippen LogP contribution in [0.2, 0.25) is 0 Å². The van der Waals surface area contributed by atoms with Crippen LogP contribution >= 0.6 is 15.9 Å². The van der Waals surface area contributed by atoms with E-state index in [2.05, 4.69) is 31.0 Å². The number of hydrogen-bond donors (Lipinski definition) is 2. The quantitative estimate of drug-likeness (QED) is 0.770. The topological polar surface area (TPSA) is 83.4 Å². The minimum atomic E-state index is -0.544. The Bertz CT molecular complexity index is 709. The third kappa shape index (κ3) is 4.46. The highest BCUT2D eigenvalue weighted by Crippen LogP contribution is 2.21. The number of H-pyrrole nitrogens is 1. The summed E-state index contributed by atoms with van der Waals surface area (Å²) in [5.41, 5.74) is -0.157. The first-order valence-electron chi connectivity index (χ1n) is 8.02. The van der Waals surface area contributed by atoms with Gasteiger partial charge in [-0.2, -0.15) is 5.10 Å². The number of rotatable bonds is 6. The van der Waals surface area contributed by atoms with Crippen molar-refractivity contribution < 1.29 is 9.84 Å². The summed E-state index contributed by atoms with van der Waals surface area (Å²) < 4.78 is 8.23. The van der Waals surface area contributed by atoms with E-state index in [1.54, 1.807) is 10.9 Å². The lowest BCUT2D eigenvalue weighted by atomic mass is 10.0. The summed E-state index contributed by atoms with van der Waals surface area (Å²) in [5, 5.41) is 16.4. The SMILES string of the molecule is O=c1[nH]ncn1C1CCN(CC(O)COc2cccc(Br)c2)CC1. The van der Waals surface area contributed by atoms with Crippen molar-refractivity contribution in [1.29, 1.82) is 0 Å². The summed E-state index contributed by atoms with van der Waals surface area (Å²) in [7, 11) is 0. The maximum absolute atomic E-state index is 11.6. The van der Waals surface area contributed by atoms with E-state index in [4.69, 9.17) is 4.74 Å². The molecule has 1 fully saturated rings. The first-order chi connectivity index (χ1) is 11.6. The summed E-state index contributed by atoms with van der Waals surface area (Å²) in [6.07, 6.45) is 2.76. The summed E-state index contributed by atoms with van der Waals surface area (Å²) >= 11 is 3.39. The number of halogens is 1. The fraction of sp³-hybridized carbons (Fsp3) is 0.500. The molecule has 0 bridgehead atoms. The Balaban J connectivity index is 1.42. The van der Waals surface area contributed by atoms with E-state index in [0.717, 1.165) is 36.2 Å². The van der Waals surface area contributed by atoms with Crippen LogP contribution in [0.25, 0.3) is 0 Å². The van der Waals surface area contributed by atoms with Crippen LogP contribution in [0, 0.1) is 0 Å². The molecule has 2 aromatic rings. The van der Waals surface area contributed by atoms with Crippen molar-refractivity contribution in [3.8, 4) is 5.75 Å². The van der Waals surface area contributed by atoms with Gasteiger partial charge in [0, 0.05) is 30.1 Å². The highest BCUT2D eigenvalue weighted by molar-refractivity contribution is 9.10. The number of nitrogens with one attached hydrogen (secondary N) is 1. The maximum Gasteiger partial charge on any atom is 0.343 e. The van der Waals surface area contributed by atoms with Crippen LogP contribution in [0.1, 0.15) is 18.9 Å². The molecule has 0 spiro atoms. The van der Waals surface area contributed by atoms with Crippen LogP contribution < -0.4 is 10.4 Å². The second-order valence-electron chi connectivity index (χ2n) is 6.02. The third-order valence-electron chi connectivity index (χ3n) is 4.23. The molecule has 1 aromatic carbocycles. The molecule has 3 rings (SSSR count). The van der Waals surface area contributed by atoms with E-state index in [-0.39, 0.29) is 18.3 Å². The lowest BCUT2D eigenvalue weighted by molar-refractivity contribution is 0.0556. The largest absolute Gasteiger partial charge is 0.491 e. The molecule has 130 valence electrons. The molecule has 0 amide bonds. The van der Waals surface area contributed by atoms with Crippen LogP contribution in [-0.4, -0.2) is 57.1 Å². The Kier molecular flexibility index (Phi) is 5.70. The van der Waals surface area contributed by atoms with Gasteiger partial charge in [0.15, 0.2) is 0 Å². The Hall–Kier alpha value is -1.64. The number of aromatic amines is 1. The smallest absolute Gasteiger partial charge is 0.343 e. The number of β-amino-alcohol motifs (C(OH)–C–C–N with tert-alkyl or cyclic N) is 1. The van der Waals surface area contributed by atoms with E-state index in [0.29, 0.717) is 6.54 Å². The van der Waals surface area contributed by atoms with Gasteiger partial charge < -0.3 is 14.7 Å². The molecule has 7 nitrogen and oxygen atoms in total. The highest BCUT2D eigenvalue weighted by atomic mass is 79.9. The number of aliphatic hydroxyl groups excluding tert-OH is 1. The standard InChI is InChI=1S/C16H21BrN4O3/c17-12-2-1-3-15(8-12)24-10-14(22)9-20-6-4-13(5-7-20)21-11-18-19-16(21)23/h1-3,8,11,13-14,22H,4-7,9-10H2,(H,19,23). The lowest BCUT2D eigenvalue weighted by Crippen LogP contribution is -2.42. The van der Waals surface area contributed by atoms with E-state index in [9.17, 15) is 9.90 Å². The van der Waals surface area contributed by atoms with Crippen molar-refractivity contribution in [2.24, 2.45) is 0 Å². The van der Waals surface area contributed by atoms with Crippen LogP contribution in [0.4, 0.5) is 0 Å². The van der Waals surface area contributed by atoms with Gasteiger partial charge in [0.2, 0.25) is 0 Å². The van der Waals surface area contributed by atoms with Gasteiger partial charge in [-0.15, -0.1) is 0 Å². The molecule has 1 unspecified atom stereocenters. The normalized spacial score (nSPS) is 17.8. The zero-order valence-corrected chi connectivity index (χ0v) is 14.9. The van der Waals surface area contributed by atoms with E-state index >= 15 is 0 Å². The zero-order chi connectivity index (χ0) is 16.9. The van der Waals surface area contributed by atoms with Crippen LogP contribution in [-0.2, 0) is 0 Å². The molecule has 1 atom stereocenters. The van der Waals surface area contributed by atoms with E-state index in [1.807, 2.05) is 24.3 Å². The molecule has 2 N–H and O–H groups in total. The van der Waals surface area contributed by atoms with Crippen molar-refractivity contribution in [1.82, 2.24) is 19.7 Å². The average molecular weight is 397 g/mol. The molecule has 0 aliphatic carbocycles. The Morgan fingerprint density at radius 1 is 1.42 bits per heavy atom. The second kappa shape index (κ2) is 7.96. The number of aromatic nitrogens is 3. The Morgan fingerprint density at radius 2 is 2.21 bits per heavy atom. The van der Waals surface area contributed by atoms with Gasteiger partial charge >= 0.3 is 5.69 Å². The van der Waals surface area contributed by atoms with Crippen molar-refractivity contribution in [3.63, 3.8) is 0 Å². The van der Waals surface area contributed by atoms with E-state index in [1.165, 1.54) is 0 Å². The fourth-order valence-corrected chi connectivity index (χ4v) is 3.37. The zero-order valence-electron chi connectivity index (χ0n) is 13.3. The van der Waals surface area contributed by atoms with Crippen molar-refractivity contribution >= 4 is 15.9 Å². The summed E-state index contributed by atoms with van der Waals surface area (Å²) in [5.74, 6) is 0.737. The van der Waals surface area contributed by atoms with Crippen molar-refractivity contribution in [3.05, 3.63) is 45.5 Å². The minimum absolute atomic E-state index is 0.157. The molecule has 0 saturated carbocycles. The van der Waals surface area contributed by atoms with Gasteiger partial charge in [-0.1, -0.05) is 22.0 Å².